The Hall–Kier alpha value is -1.16. The van der Waals surface area contributed by atoms with Gasteiger partial charge in [-0.05, 0) is 17.9 Å². The Balaban J connectivity index is 3.17. The Kier molecular flexibility index (Phi) is 3.19. The van der Waals surface area contributed by atoms with Crippen LogP contribution in [0.3, 0.4) is 0 Å². The first-order chi connectivity index (χ1) is 6.16. The number of thioether (sulfide) groups is 1. The highest BCUT2D eigenvalue weighted by molar-refractivity contribution is 7.99. The van der Waals surface area contributed by atoms with E-state index in [0.717, 1.165) is 10.6 Å². The Morgan fingerprint density at radius 1 is 1.54 bits per heavy atom. The average molecular weight is 196 g/mol. The van der Waals surface area contributed by atoms with E-state index < -0.39 is 5.91 Å². The molecule has 4 heteroatoms. The van der Waals surface area contributed by atoms with Gasteiger partial charge in [0.25, 0.3) is 0 Å². The Bertz CT molecular complexity index is 325. The molecule has 1 aromatic carbocycles. The van der Waals surface area contributed by atoms with Crippen molar-refractivity contribution in [3.05, 3.63) is 23.8 Å². The molecule has 0 aliphatic rings. The summed E-state index contributed by atoms with van der Waals surface area (Å²) in [6, 6.07) is 5.19. The molecule has 0 bridgehead atoms. The summed E-state index contributed by atoms with van der Waals surface area (Å²) >= 11 is 1.53. The molecule has 1 rings (SSSR count). The van der Waals surface area contributed by atoms with Crippen molar-refractivity contribution >= 4 is 23.4 Å². The summed E-state index contributed by atoms with van der Waals surface area (Å²) in [6.45, 7) is 2.00. The number of nitrogen functional groups attached to an aromatic ring is 1. The number of hydrogen-bond donors (Lipinski definition) is 2. The molecule has 0 saturated carbocycles. The van der Waals surface area contributed by atoms with E-state index >= 15 is 0 Å². The molecule has 0 spiro atoms. The number of carbonyl (C=O) groups is 1. The standard InChI is InChI=1S/C9H12N2OS/c1-2-13-8-6(9(11)12)4-3-5-7(8)10/h3-5H,2,10H2,1H3,(H2,11,12). The third kappa shape index (κ3) is 2.15. The first kappa shape index (κ1) is 9.92. The lowest BCUT2D eigenvalue weighted by Crippen LogP contribution is -2.13. The number of benzene rings is 1. The van der Waals surface area contributed by atoms with Crippen molar-refractivity contribution in [1.82, 2.24) is 0 Å². The highest BCUT2D eigenvalue weighted by Gasteiger charge is 2.09. The van der Waals surface area contributed by atoms with E-state index in [4.69, 9.17) is 11.5 Å². The SMILES string of the molecule is CCSc1c(N)cccc1C(N)=O. The molecule has 0 aliphatic carbocycles. The molecule has 0 atom stereocenters. The summed E-state index contributed by atoms with van der Waals surface area (Å²) in [6.07, 6.45) is 0. The molecule has 0 saturated heterocycles. The highest BCUT2D eigenvalue weighted by Crippen LogP contribution is 2.28. The number of hydrogen-bond acceptors (Lipinski definition) is 3. The maximum atomic E-state index is 11.0. The molecule has 0 fully saturated rings. The van der Waals surface area contributed by atoms with Crippen molar-refractivity contribution in [2.45, 2.75) is 11.8 Å². The van der Waals surface area contributed by atoms with Gasteiger partial charge in [-0.1, -0.05) is 13.0 Å². The van der Waals surface area contributed by atoms with Crippen LogP contribution >= 0.6 is 11.8 Å². The van der Waals surface area contributed by atoms with Gasteiger partial charge in [0.2, 0.25) is 5.91 Å². The van der Waals surface area contributed by atoms with E-state index in [0.29, 0.717) is 11.3 Å². The minimum atomic E-state index is -0.428. The predicted octanol–water partition coefficient (Wildman–Crippen LogP) is 1.48. The molecule has 70 valence electrons. The van der Waals surface area contributed by atoms with Gasteiger partial charge in [-0.25, -0.2) is 0 Å². The van der Waals surface area contributed by atoms with Gasteiger partial charge in [0.15, 0.2) is 0 Å². The molecule has 4 N–H and O–H groups in total. The van der Waals surface area contributed by atoms with E-state index in [-0.39, 0.29) is 0 Å². The van der Waals surface area contributed by atoms with E-state index in [1.807, 2.05) is 6.92 Å². The van der Waals surface area contributed by atoms with Crippen LogP contribution in [-0.4, -0.2) is 11.7 Å². The lowest BCUT2D eigenvalue weighted by Gasteiger charge is -2.07. The van der Waals surface area contributed by atoms with Gasteiger partial charge in [0.1, 0.15) is 0 Å². The van der Waals surface area contributed by atoms with Gasteiger partial charge in [0.05, 0.1) is 5.56 Å². The normalized spacial score (nSPS) is 9.92. The summed E-state index contributed by atoms with van der Waals surface area (Å²) in [5.41, 5.74) is 12.0. The molecular weight excluding hydrogens is 184 g/mol. The van der Waals surface area contributed by atoms with Crippen LogP contribution < -0.4 is 11.5 Å². The van der Waals surface area contributed by atoms with Gasteiger partial charge in [-0.2, -0.15) is 0 Å². The lowest BCUT2D eigenvalue weighted by atomic mass is 10.2. The number of rotatable bonds is 3. The quantitative estimate of drug-likeness (QED) is 0.568. The molecule has 0 radical (unpaired) electrons. The molecule has 0 aromatic heterocycles. The van der Waals surface area contributed by atoms with Crippen LogP contribution in [0.4, 0.5) is 5.69 Å². The van der Waals surface area contributed by atoms with E-state index in [2.05, 4.69) is 0 Å². The molecule has 13 heavy (non-hydrogen) atoms. The maximum absolute atomic E-state index is 11.0. The largest absolute Gasteiger partial charge is 0.398 e. The summed E-state index contributed by atoms with van der Waals surface area (Å²) in [7, 11) is 0. The van der Waals surface area contributed by atoms with Crippen LogP contribution in [-0.2, 0) is 0 Å². The van der Waals surface area contributed by atoms with Gasteiger partial charge in [-0.3, -0.25) is 4.79 Å². The maximum Gasteiger partial charge on any atom is 0.249 e. The fourth-order valence-electron chi connectivity index (χ4n) is 1.05. The summed E-state index contributed by atoms with van der Waals surface area (Å²) in [5, 5.41) is 0. The van der Waals surface area contributed by atoms with Gasteiger partial charge in [-0.15, -0.1) is 11.8 Å². The van der Waals surface area contributed by atoms with Gasteiger partial charge in [0, 0.05) is 10.6 Å². The van der Waals surface area contributed by atoms with Crippen LogP contribution in [0.2, 0.25) is 0 Å². The Morgan fingerprint density at radius 2 is 2.23 bits per heavy atom. The number of primary amides is 1. The third-order valence-corrected chi connectivity index (χ3v) is 2.63. The Morgan fingerprint density at radius 3 is 2.77 bits per heavy atom. The zero-order valence-electron chi connectivity index (χ0n) is 7.41. The summed E-state index contributed by atoms with van der Waals surface area (Å²) < 4.78 is 0. The van der Waals surface area contributed by atoms with Crippen molar-refractivity contribution in [3.8, 4) is 0 Å². The number of nitrogens with two attached hydrogens (primary N) is 2. The number of carbonyl (C=O) groups excluding carboxylic acids is 1. The summed E-state index contributed by atoms with van der Waals surface area (Å²) in [4.78, 5) is 11.8. The van der Waals surface area contributed by atoms with Gasteiger partial charge >= 0.3 is 0 Å². The fourth-order valence-corrected chi connectivity index (χ4v) is 1.90. The van der Waals surface area contributed by atoms with Crippen molar-refractivity contribution in [2.24, 2.45) is 5.73 Å². The van der Waals surface area contributed by atoms with Crippen LogP contribution in [0.5, 0.6) is 0 Å². The predicted molar refractivity (Wildman–Crippen MR) is 55.8 cm³/mol. The second-order valence-electron chi connectivity index (χ2n) is 2.52. The van der Waals surface area contributed by atoms with Crippen LogP contribution in [0.15, 0.2) is 23.1 Å². The smallest absolute Gasteiger partial charge is 0.249 e. The van der Waals surface area contributed by atoms with Crippen molar-refractivity contribution in [2.75, 3.05) is 11.5 Å². The number of amides is 1. The second-order valence-corrected chi connectivity index (χ2v) is 3.80. The molecule has 3 nitrogen and oxygen atoms in total. The topological polar surface area (TPSA) is 69.1 Å². The molecule has 1 aromatic rings. The van der Waals surface area contributed by atoms with Crippen molar-refractivity contribution in [1.29, 1.82) is 0 Å². The van der Waals surface area contributed by atoms with Crippen LogP contribution in [0, 0.1) is 0 Å². The second kappa shape index (κ2) is 4.18. The zero-order chi connectivity index (χ0) is 9.84. The first-order valence-corrected chi connectivity index (χ1v) is 4.96. The number of anilines is 1. The molecular formula is C9H12N2OS. The molecule has 1 amide bonds. The van der Waals surface area contributed by atoms with E-state index in [1.54, 1.807) is 18.2 Å². The third-order valence-electron chi connectivity index (χ3n) is 1.60. The van der Waals surface area contributed by atoms with Crippen molar-refractivity contribution in [3.63, 3.8) is 0 Å². The van der Waals surface area contributed by atoms with E-state index in [1.165, 1.54) is 11.8 Å². The first-order valence-electron chi connectivity index (χ1n) is 3.98. The van der Waals surface area contributed by atoms with Gasteiger partial charge < -0.3 is 11.5 Å². The molecule has 0 aliphatic heterocycles. The zero-order valence-corrected chi connectivity index (χ0v) is 8.23. The minimum absolute atomic E-state index is 0.428. The van der Waals surface area contributed by atoms with Crippen molar-refractivity contribution < 1.29 is 4.79 Å². The van der Waals surface area contributed by atoms with Crippen LogP contribution in [0.1, 0.15) is 17.3 Å². The Labute approximate surface area is 81.5 Å². The molecule has 0 heterocycles. The molecule has 0 unspecified atom stereocenters. The van der Waals surface area contributed by atoms with E-state index in [9.17, 15) is 4.79 Å². The summed E-state index contributed by atoms with van der Waals surface area (Å²) in [5.74, 6) is 0.442. The van der Waals surface area contributed by atoms with Crippen LogP contribution in [0.25, 0.3) is 0 Å². The highest BCUT2D eigenvalue weighted by atomic mass is 32.2. The average Bonchev–Trinajstić information content (AvgIpc) is 2.08. The minimum Gasteiger partial charge on any atom is -0.398 e. The lowest BCUT2D eigenvalue weighted by molar-refractivity contribution is 0.0997. The fraction of sp³-hybridized carbons (Fsp3) is 0.222. The monoisotopic (exact) mass is 196 g/mol.